The van der Waals surface area contributed by atoms with Gasteiger partial charge in [-0.3, -0.25) is 9.69 Å². The average Bonchev–Trinajstić information content (AvgIpc) is 2.53. The molecular formula is C19H30N2O2. The maximum Gasteiger partial charge on any atom is 0.244 e. The summed E-state index contributed by atoms with van der Waals surface area (Å²) >= 11 is 0. The molecule has 0 aromatic heterocycles. The normalized spacial score (nSPS) is 17.3. The molecule has 1 fully saturated rings. The van der Waals surface area contributed by atoms with Gasteiger partial charge in [0.15, 0.2) is 0 Å². The monoisotopic (exact) mass is 318 g/mol. The van der Waals surface area contributed by atoms with Crippen LogP contribution in [0.3, 0.4) is 0 Å². The van der Waals surface area contributed by atoms with Crippen LogP contribution in [-0.2, 0) is 9.53 Å². The third kappa shape index (κ3) is 4.79. The molecule has 1 aromatic carbocycles. The van der Waals surface area contributed by atoms with E-state index in [1.165, 1.54) is 5.56 Å². The predicted octanol–water partition coefficient (Wildman–Crippen LogP) is 2.87. The van der Waals surface area contributed by atoms with Crippen molar-refractivity contribution in [3.8, 4) is 0 Å². The van der Waals surface area contributed by atoms with Gasteiger partial charge in [0.25, 0.3) is 0 Å². The lowest BCUT2D eigenvalue weighted by atomic mass is 9.98. The van der Waals surface area contributed by atoms with Crippen LogP contribution in [0.5, 0.6) is 0 Å². The van der Waals surface area contributed by atoms with Gasteiger partial charge in [-0.2, -0.15) is 0 Å². The molecule has 1 aliphatic heterocycles. The zero-order chi connectivity index (χ0) is 16.8. The van der Waals surface area contributed by atoms with Gasteiger partial charge in [-0.25, -0.2) is 0 Å². The molecule has 1 heterocycles. The van der Waals surface area contributed by atoms with Crippen LogP contribution in [0.1, 0.15) is 36.9 Å². The molecule has 0 N–H and O–H groups in total. The van der Waals surface area contributed by atoms with E-state index in [0.717, 1.165) is 44.7 Å². The molecule has 2 rings (SSSR count). The maximum absolute atomic E-state index is 13.2. The summed E-state index contributed by atoms with van der Waals surface area (Å²) in [7, 11) is 3.96. The summed E-state index contributed by atoms with van der Waals surface area (Å²) in [6, 6.07) is 8.06. The fourth-order valence-corrected chi connectivity index (χ4v) is 3.29. The van der Waals surface area contributed by atoms with E-state index in [-0.39, 0.29) is 11.9 Å². The van der Waals surface area contributed by atoms with Crippen molar-refractivity contribution in [2.45, 2.75) is 32.7 Å². The number of carbonyl (C=O) groups is 1. The number of amides is 1. The topological polar surface area (TPSA) is 32.8 Å². The molecule has 23 heavy (non-hydrogen) atoms. The first kappa shape index (κ1) is 18.0. The Morgan fingerprint density at radius 1 is 1.30 bits per heavy atom. The average molecular weight is 318 g/mol. The molecule has 1 atom stereocenters. The van der Waals surface area contributed by atoms with Crippen LogP contribution in [0, 0.1) is 12.8 Å². The van der Waals surface area contributed by atoms with Crippen LogP contribution in [0.15, 0.2) is 24.3 Å². The number of carbonyl (C=O) groups excluding carboxylic acids is 1. The van der Waals surface area contributed by atoms with Gasteiger partial charge in [0, 0.05) is 26.3 Å². The van der Waals surface area contributed by atoms with Crippen LogP contribution in [-0.4, -0.2) is 56.1 Å². The van der Waals surface area contributed by atoms with E-state index in [1.54, 1.807) is 0 Å². The van der Waals surface area contributed by atoms with Gasteiger partial charge < -0.3 is 9.64 Å². The van der Waals surface area contributed by atoms with Crippen molar-refractivity contribution in [1.29, 1.82) is 0 Å². The van der Waals surface area contributed by atoms with Crippen molar-refractivity contribution in [1.82, 2.24) is 9.80 Å². The molecule has 4 nitrogen and oxygen atoms in total. The van der Waals surface area contributed by atoms with Crippen LogP contribution in [0.4, 0.5) is 0 Å². The fraction of sp³-hybridized carbons (Fsp3) is 0.632. The molecule has 0 radical (unpaired) electrons. The highest BCUT2D eigenvalue weighted by molar-refractivity contribution is 5.83. The van der Waals surface area contributed by atoms with E-state index in [0.29, 0.717) is 5.92 Å². The summed E-state index contributed by atoms with van der Waals surface area (Å²) in [5.74, 6) is 0.766. The molecule has 1 aromatic rings. The smallest absolute Gasteiger partial charge is 0.244 e. The standard InChI is InChI=1S/C19H30N2O2/c1-5-21(14-16-9-11-23-12-10-16)19(22)18(20(3)4)17-8-6-7-15(2)13-17/h6-8,13,16,18H,5,9-12,14H2,1-4H3. The van der Waals surface area contributed by atoms with Crippen LogP contribution < -0.4 is 0 Å². The Bertz CT molecular complexity index is 510. The predicted molar refractivity (Wildman–Crippen MR) is 93.4 cm³/mol. The van der Waals surface area contributed by atoms with E-state index in [2.05, 4.69) is 32.0 Å². The Balaban J connectivity index is 2.14. The summed E-state index contributed by atoms with van der Waals surface area (Å²) in [6.07, 6.45) is 2.11. The lowest BCUT2D eigenvalue weighted by Gasteiger charge is -2.34. The van der Waals surface area contributed by atoms with E-state index in [9.17, 15) is 4.79 Å². The SMILES string of the molecule is CCN(CC1CCOCC1)C(=O)C(c1cccc(C)c1)N(C)C. The number of nitrogens with zero attached hydrogens (tertiary/aromatic N) is 2. The largest absolute Gasteiger partial charge is 0.381 e. The molecular weight excluding hydrogens is 288 g/mol. The second kappa shape index (κ2) is 8.46. The summed E-state index contributed by atoms with van der Waals surface area (Å²) in [5, 5.41) is 0. The second-order valence-corrected chi connectivity index (χ2v) is 6.71. The zero-order valence-corrected chi connectivity index (χ0v) is 14.9. The molecule has 1 unspecified atom stereocenters. The van der Waals surface area contributed by atoms with E-state index in [1.807, 2.05) is 30.0 Å². The summed E-state index contributed by atoms with van der Waals surface area (Å²) < 4.78 is 5.43. The van der Waals surface area contributed by atoms with Crippen LogP contribution in [0.2, 0.25) is 0 Å². The van der Waals surface area contributed by atoms with Crippen LogP contribution >= 0.6 is 0 Å². The second-order valence-electron chi connectivity index (χ2n) is 6.71. The van der Waals surface area contributed by atoms with E-state index >= 15 is 0 Å². The Labute approximate surface area is 140 Å². The lowest BCUT2D eigenvalue weighted by Crippen LogP contribution is -2.43. The molecule has 1 amide bonds. The third-order valence-corrected chi connectivity index (χ3v) is 4.62. The van der Waals surface area contributed by atoms with E-state index < -0.39 is 0 Å². The highest BCUT2D eigenvalue weighted by Crippen LogP contribution is 2.24. The molecule has 0 saturated carbocycles. The highest BCUT2D eigenvalue weighted by atomic mass is 16.5. The van der Waals surface area contributed by atoms with Gasteiger partial charge >= 0.3 is 0 Å². The van der Waals surface area contributed by atoms with Gasteiger partial charge in [-0.1, -0.05) is 29.8 Å². The van der Waals surface area contributed by atoms with Crippen LogP contribution in [0.25, 0.3) is 0 Å². The first-order valence-electron chi connectivity index (χ1n) is 8.62. The lowest BCUT2D eigenvalue weighted by molar-refractivity contribution is -0.137. The summed E-state index contributed by atoms with van der Waals surface area (Å²) in [6.45, 7) is 7.39. The van der Waals surface area contributed by atoms with Crippen molar-refractivity contribution in [2.75, 3.05) is 40.4 Å². The number of likely N-dealkylation sites (N-methyl/N-ethyl adjacent to an activating group) is 2. The Kier molecular flexibility index (Phi) is 6.60. The summed E-state index contributed by atoms with van der Waals surface area (Å²) in [5.41, 5.74) is 2.26. The number of hydrogen-bond acceptors (Lipinski definition) is 3. The van der Waals surface area contributed by atoms with Gasteiger partial charge in [0.1, 0.15) is 6.04 Å². The Hall–Kier alpha value is -1.39. The molecule has 0 aliphatic carbocycles. The van der Waals surface area contributed by atoms with Crippen molar-refractivity contribution >= 4 is 5.91 Å². The van der Waals surface area contributed by atoms with Crippen molar-refractivity contribution in [2.24, 2.45) is 5.92 Å². The minimum atomic E-state index is -0.213. The van der Waals surface area contributed by atoms with Crippen molar-refractivity contribution in [3.05, 3.63) is 35.4 Å². The Morgan fingerprint density at radius 2 is 2.00 bits per heavy atom. The Morgan fingerprint density at radius 3 is 2.57 bits per heavy atom. The number of benzene rings is 1. The summed E-state index contributed by atoms with van der Waals surface area (Å²) in [4.78, 5) is 17.2. The number of rotatable bonds is 6. The maximum atomic E-state index is 13.2. The molecule has 0 bridgehead atoms. The minimum Gasteiger partial charge on any atom is -0.381 e. The third-order valence-electron chi connectivity index (χ3n) is 4.62. The molecule has 4 heteroatoms. The van der Waals surface area contributed by atoms with Gasteiger partial charge in [0.2, 0.25) is 5.91 Å². The molecule has 1 saturated heterocycles. The first-order valence-corrected chi connectivity index (χ1v) is 8.62. The molecule has 1 aliphatic rings. The van der Waals surface area contributed by atoms with Crippen molar-refractivity contribution in [3.63, 3.8) is 0 Å². The zero-order valence-electron chi connectivity index (χ0n) is 14.9. The van der Waals surface area contributed by atoms with E-state index in [4.69, 9.17) is 4.74 Å². The van der Waals surface area contributed by atoms with Gasteiger partial charge in [0.05, 0.1) is 0 Å². The van der Waals surface area contributed by atoms with Gasteiger partial charge in [-0.15, -0.1) is 0 Å². The highest BCUT2D eigenvalue weighted by Gasteiger charge is 2.29. The molecule has 128 valence electrons. The van der Waals surface area contributed by atoms with Gasteiger partial charge in [-0.05, 0) is 52.3 Å². The minimum absolute atomic E-state index is 0.203. The number of ether oxygens (including phenoxy) is 1. The number of aryl methyl sites for hydroxylation is 1. The fourth-order valence-electron chi connectivity index (χ4n) is 3.29. The van der Waals surface area contributed by atoms with Crippen molar-refractivity contribution < 1.29 is 9.53 Å². The first-order chi connectivity index (χ1) is 11.0. The number of hydrogen-bond donors (Lipinski definition) is 0. The molecule has 0 spiro atoms. The quantitative estimate of drug-likeness (QED) is 0.808.